The number of aromatic nitrogens is 3. The van der Waals surface area contributed by atoms with Gasteiger partial charge in [-0.15, -0.1) is 0 Å². The van der Waals surface area contributed by atoms with Crippen LogP contribution in [-0.4, -0.2) is 15.0 Å². The molecule has 0 unspecified atom stereocenters. The van der Waals surface area contributed by atoms with Crippen LogP contribution < -0.4 is 0 Å². The second-order valence-corrected chi connectivity index (χ2v) is 14.3. The summed E-state index contributed by atoms with van der Waals surface area (Å²) < 4.78 is 62.1. The van der Waals surface area contributed by atoms with Crippen LogP contribution in [0.1, 0.15) is 9.60 Å². The van der Waals surface area contributed by atoms with Gasteiger partial charge in [0.1, 0.15) is 0 Å². The van der Waals surface area contributed by atoms with Gasteiger partial charge in [0.2, 0.25) is 0 Å². The van der Waals surface area contributed by atoms with E-state index in [-0.39, 0.29) is 28.4 Å². The third-order valence-electron chi connectivity index (χ3n) is 10.7. The van der Waals surface area contributed by atoms with Gasteiger partial charge in [-0.1, -0.05) is 176 Å². The van der Waals surface area contributed by atoms with Gasteiger partial charge in [0.25, 0.3) is 0 Å². The van der Waals surface area contributed by atoms with Gasteiger partial charge >= 0.3 is 0 Å². The first kappa shape index (κ1) is 27.0. The molecule has 0 aliphatic rings. The van der Waals surface area contributed by atoms with Gasteiger partial charge < -0.3 is 0 Å². The molecule has 3 heteroatoms. The van der Waals surface area contributed by atoms with Gasteiger partial charge in [-0.25, -0.2) is 15.0 Å². The van der Waals surface area contributed by atoms with Gasteiger partial charge in [0, 0.05) is 16.7 Å². The highest BCUT2D eigenvalue weighted by molar-refractivity contribution is 5.99. The normalized spacial score (nSPS) is 13.1. The van der Waals surface area contributed by atoms with Gasteiger partial charge in [-0.05, 0) is 113 Å². The molecule has 3 nitrogen and oxygen atoms in total. The molecule has 0 N–H and O–H groups in total. The van der Waals surface area contributed by atoms with Crippen molar-refractivity contribution in [3.05, 3.63) is 212 Å². The molecule has 0 aliphatic heterocycles. The second-order valence-electron chi connectivity index (χ2n) is 14.3. The van der Waals surface area contributed by atoms with E-state index in [1.165, 1.54) is 0 Å². The lowest BCUT2D eigenvalue weighted by atomic mass is 9.92. The Balaban J connectivity index is 1.19. The minimum absolute atomic E-state index is 0.000923. The van der Waals surface area contributed by atoms with Crippen LogP contribution in [0.2, 0.25) is 0 Å². The average Bonchev–Trinajstić information content (AvgIpc) is 3.35. The molecule has 0 bridgehead atoms. The third-order valence-corrected chi connectivity index (χ3v) is 10.7. The van der Waals surface area contributed by atoms with Gasteiger partial charge in [-0.3, -0.25) is 0 Å². The van der Waals surface area contributed by atoms with Crippen molar-refractivity contribution in [3.8, 4) is 67.5 Å². The zero-order valence-corrected chi connectivity index (χ0v) is 31.0. The number of hydrogen-bond donors (Lipinski definition) is 0. The molecular weight excluding hydrogens is 703 g/mol. The fourth-order valence-electron chi connectivity index (χ4n) is 7.84. The first-order valence-electron chi connectivity index (χ1n) is 22.6. The maximum atomic E-state index is 9.33. The fourth-order valence-corrected chi connectivity index (χ4v) is 7.84. The fraction of sp³-hybridized carbons (Fsp3) is 0. The topological polar surface area (TPSA) is 38.7 Å². The molecule has 0 fully saturated rings. The summed E-state index contributed by atoms with van der Waals surface area (Å²) in [5, 5.41) is 6.03. The maximum absolute atomic E-state index is 9.33. The Kier molecular flexibility index (Phi) is 6.54. The standard InChI is InChI=1S/C55H35N3/c1-2-12-36(13-3-1)41-25-26-43-31-44(28-27-42(43)30-41)46-33-47(51-22-10-18-38-15-6-8-20-49(38)51)35-48(34-46)54-56-53(45-29-24-37-14-4-5-17-40(37)32-45)57-55(58-54)52-23-11-19-39-16-7-9-21-50(39)52/h1-35H/i6D,8D,10D,15D,18D,20D,22D. The summed E-state index contributed by atoms with van der Waals surface area (Å²) in [7, 11) is 0. The summed E-state index contributed by atoms with van der Waals surface area (Å²) in [5.74, 6) is 1.24. The minimum Gasteiger partial charge on any atom is -0.208 e. The largest absolute Gasteiger partial charge is 0.208 e. The van der Waals surface area contributed by atoms with Crippen molar-refractivity contribution in [3.63, 3.8) is 0 Å². The maximum Gasteiger partial charge on any atom is 0.164 e. The van der Waals surface area contributed by atoms with Gasteiger partial charge in [0.05, 0.1) is 9.60 Å². The molecule has 0 radical (unpaired) electrons. The van der Waals surface area contributed by atoms with Crippen molar-refractivity contribution in [2.75, 3.05) is 0 Å². The van der Waals surface area contributed by atoms with E-state index >= 15 is 0 Å². The molecule has 10 aromatic carbocycles. The van der Waals surface area contributed by atoms with Crippen molar-refractivity contribution in [1.82, 2.24) is 15.0 Å². The van der Waals surface area contributed by atoms with Crippen molar-refractivity contribution >= 4 is 43.1 Å². The Labute approximate surface area is 346 Å². The van der Waals surface area contributed by atoms with Crippen LogP contribution in [0.15, 0.2) is 212 Å². The molecule has 11 rings (SSSR count). The van der Waals surface area contributed by atoms with Crippen LogP contribution in [0, 0.1) is 0 Å². The monoisotopic (exact) mass is 744 g/mol. The molecule has 58 heavy (non-hydrogen) atoms. The summed E-state index contributed by atoms with van der Waals surface area (Å²) in [4.78, 5) is 15.5. The Morgan fingerprint density at radius 3 is 1.69 bits per heavy atom. The molecular formula is C55H35N3. The van der Waals surface area contributed by atoms with E-state index in [4.69, 9.17) is 23.2 Å². The van der Waals surface area contributed by atoms with Crippen LogP contribution in [0.3, 0.4) is 0 Å². The summed E-state index contributed by atoms with van der Waals surface area (Å²) in [6.07, 6.45) is 0. The predicted molar refractivity (Wildman–Crippen MR) is 242 cm³/mol. The Morgan fingerprint density at radius 1 is 0.276 bits per heavy atom. The van der Waals surface area contributed by atoms with E-state index in [9.17, 15) is 1.37 Å². The molecule has 270 valence electrons. The molecule has 0 aliphatic carbocycles. The number of hydrogen-bond acceptors (Lipinski definition) is 3. The van der Waals surface area contributed by atoms with Crippen molar-refractivity contribution < 1.29 is 9.60 Å². The highest BCUT2D eigenvalue weighted by Gasteiger charge is 2.17. The second kappa shape index (κ2) is 14.1. The molecule has 1 heterocycles. The van der Waals surface area contributed by atoms with Gasteiger partial charge in [-0.2, -0.15) is 0 Å². The number of benzene rings is 10. The summed E-state index contributed by atoms with van der Waals surface area (Å²) in [6.45, 7) is 0. The number of nitrogens with zero attached hydrogens (tertiary/aromatic N) is 3. The molecule has 0 spiro atoms. The first-order valence-corrected chi connectivity index (χ1v) is 19.1. The van der Waals surface area contributed by atoms with Crippen molar-refractivity contribution in [1.29, 1.82) is 0 Å². The molecule has 11 aromatic rings. The highest BCUT2D eigenvalue weighted by atomic mass is 15.0. The summed E-state index contributed by atoms with van der Waals surface area (Å²) in [5.41, 5.74) is 6.45. The van der Waals surface area contributed by atoms with Crippen LogP contribution in [0.4, 0.5) is 0 Å². The van der Waals surface area contributed by atoms with E-state index in [0.29, 0.717) is 28.6 Å². The Bertz CT molecular complexity index is 3750. The van der Waals surface area contributed by atoms with Crippen molar-refractivity contribution in [2.45, 2.75) is 0 Å². The molecule has 0 amide bonds. The minimum atomic E-state index is -0.507. The van der Waals surface area contributed by atoms with E-state index < -0.39 is 30.2 Å². The van der Waals surface area contributed by atoms with Crippen LogP contribution in [-0.2, 0) is 0 Å². The van der Waals surface area contributed by atoms with Crippen molar-refractivity contribution in [2.24, 2.45) is 0 Å². The molecule has 0 atom stereocenters. The SMILES string of the molecule is [2H]c1c([2H])c([2H])c2c(-c3cc(-c4ccc5cc(-c6ccccc6)ccc5c4)cc(-c4nc(-c5ccc6ccccc6c5)nc(-c5cccc6ccccc56)n4)c3)c([2H])c([2H])c([2H])c2c1[2H]. The van der Waals surface area contributed by atoms with Crippen LogP contribution in [0.25, 0.3) is 111 Å². The summed E-state index contributed by atoms with van der Waals surface area (Å²) in [6, 6.07) is 53.7. The van der Waals surface area contributed by atoms with E-state index in [1.54, 1.807) is 6.07 Å². The molecule has 0 saturated heterocycles. The lowest BCUT2D eigenvalue weighted by molar-refractivity contribution is 1.08. The van der Waals surface area contributed by atoms with Crippen LogP contribution in [0.5, 0.6) is 0 Å². The lowest BCUT2D eigenvalue weighted by Gasteiger charge is -2.15. The van der Waals surface area contributed by atoms with E-state index in [1.807, 2.05) is 103 Å². The lowest BCUT2D eigenvalue weighted by Crippen LogP contribution is -2.01. The first-order chi connectivity index (χ1) is 31.6. The highest BCUT2D eigenvalue weighted by Crippen LogP contribution is 2.38. The molecule has 0 saturated carbocycles. The Hall–Kier alpha value is -7.75. The molecule has 1 aromatic heterocycles. The van der Waals surface area contributed by atoms with Gasteiger partial charge in [0.15, 0.2) is 17.5 Å². The number of rotatable bonds is 6. The Morgan fingerprint density at radius 2 is 0.845 bits per heavy atom. The predicted octanol–water partition coefficient (Wildman–Crippen LogP) is 14.5. The van der Waals surface area contributed by atoms with E-state index in [2.05, 4.69) is 60.7 Å². The van der Waals surface area contributed by atoms with E-state index in [0.717, 1.165) is 65.7 Å². The smallest absolute Gasteiger partial charge is 0.164 e. The average molecular weight is 745 g/mol. The zero-order chi connectivity index (χ0) is 44.5. The zero-order valence-electron chi connectivity index (χ0n) is 38.0. The summed E-state index contributed by atoms with van der Waals surface area (Å²) >= 11 is 0. The third kappa shape index (κ3) is 6.16. The van der Waals surface area contributed by atoms with Crippen LogP contribution >= 0.6 is 0 Å². The quantitative estimate of drug-likeness (QED) is 0.170. The number of fused-ring (bicyclic) bond motifs is 4.